The lowest BCUT2D eigenvalue weighted by molar-refractivity contribution is -0.127. The van der Waals surface area contributed by atoms with Crippen LogP contribution in [0.3, 0.4) is 0 Å². The highest BCUT2D eigenvalue weighted by Crippen LogP contribution is 2.43. The van der Waals surface area contributed by atoms with Crippen LogP contribution in [0.1, 0.15) is 5.56 Å². The third-order valence-electron chi connectivity index (χ3n) is 5.35. The highest BCUT2D eigenvalue weighted by Gasteiger charge is 2.37. The second-order valence-corrected chi connectivity index (χ2v) is 7.32. The van der Waals surface area contributed by atoms with Gasteiger partial charge in [-0.25, -0.2) is 4.39 Å². The molecule has 1 amide bonds. The summed E-state index contributed by atoms with van der Waals surface area (Å²) in [6.07, 6.45) is 6.32. The molecule has 0 aromatic heterocycles. The topological polar surface area (TPSA) is 53.0 Å². The van der Waals surface area contributed by atoms with Crippen molar-refractivity contribution < 1.29 is 19.0 Å². The quantitative estimate of drug-likeness (QED) is 0.789. The van der Waals surface area contributed by atoms with Crippen LogP contribution in [0.4, 0.5) is 4.39 Å². The second kappa shape index (κ2) is 7.36. The van der Waals surface area contributed by atoms with Crippen molar-refractivity contribution in [3.05, 3.63) is 71.4 Å². The molecule has 1 aromatic carbocycles. The fraction of sp³-hybridized carbons (Fsp3) is 0.286. The Kier molecular flexibility index (Phi) is 4.89. The standard InChI is InChI=1S/C21H20ClFN2O3/c1-2-20(27)25-8-6-24(7-9-25)17-12-28-19-11-13(15(22)10-14(17)19)21-16(23)4-3-5-18(21)26/h2-5,10-12,14,19,26H,1,6-9H2. The molecule has 2 aliphatic heterocycles. The summed E-state index contributed by atoms with van der Waals surface area (Å²) in [5.41, 5.74) is 1.49. The summed E-state index contributed by atoms with van der Waals surface area (Å²) in [5.74, 6) is -0.852. The predicted molar refractivity (Wildman–Crippen MR) is 105 cm³/mol. The summed E-state index contributed by atoms with van der Waals surface area (Å²) in [4.78, 5) is 15.7. The molecule has 1 N–H and O–H groups in total. The van der Waals surface area contributed by atoms with Crippen LogP contribution in [-0.2, 0) is 9.53 Å². The maximum atomic E-state index is 14.3. The van der Waals surface area contributed by atoms with Gasteiger partial charge >= 0.3 is 0 Å². The number of benzene rings is 1. The summed E-state index contributed by atoms with van der Waals surface area (Å²) in [7, 11) is 0. The van der Waals surface area contributed by atoms with E-state index in [1.807, 2.05) is 6.08 Å². The van der Waals surface area contributed by atoms with Crippen LogP contribution >= 0.6 is 11.6 Å². The van der Waals surface area contributed by atoms with Crippen LogP contribution in [0.2, 0.25) is 0 Å². The second-order valence-electron chi connectivity index (χ2n) is 6.91. The van der Waals surface area contributed by atoms with Crippen molar-refractivity contribution >= 4 is 23.1 Å². The maximum Gasteiger partial charge on any atom is 0.246 e. The van der Waals surface area contributed by atoms with E-state index in [0.717, 1.165) is 5.70 Å². The van der Waals surface area contributed by atoms with Gasteiger partial charge in [0.1, 0.15) is 23.9 Å². The van der Waals surface area contributed by atoms with Gasteiger partial charge in [0, 0.05) is 36.8 Å². The highest BCUT2D eigenvalue weighted by molar-refractivity contribution is 6.37. The minimum atomic E-state index is -0.537. The van der Waals surface area contributed by atoms with Gasteiger partial charge in [0.2, 0.25) is 5.91 Å². The Labute approximate surface area is 167 Å². The van der Waals surface area contributed by atoms with Gasteiger partial charge < -0.3 is 19.6 Å². The lowest BCUT2D eigenvalue weighted by atomic mass is 9.88. The van der Waals surface area contributed by atoms with E-state index in [4.69, 9.17) is 16.3 Å². The Morgan fingerprint density at radius 1 is 1.29 bits per heavy atom. The molecular formula is C21H20ClFN2O3. The Morgan fingerprint density at radius 3 is 2.71 bits per heavy atom. The molecule has 3 aliphatic rings. The summed E-state index contributed by atoms with van der Waals surface area (Å²) < 4.78 is 20.1. The first-order valence-electron chi connectivity index (χ1n) is 9.08. The van der Waals surface area contributed by atoms with Crippen LogP contribution in [0.25, 0.3) is 5.57 Å². The van der Waals surface area contributed by atoms with Gasteiger partial charge in [0.25, 0.3) is 0 Å². The summed E-state index contributed by atoms with van der Waals surface area (Å²) in [6, 6.07) is 4.16. The summed E-state index contributed by atoms with van der Waals surface area (Å²) in [5, 5.41) is 10.5. The van der Waals surface area contributed by atoms with Crippen molar-refractivity contribution in [2.75, 3.05) is 26.2 Å². The fourth-order valence-electron chi connectivity index (χ4n) is 3.88. The molecule has 0 bridgehead atoms. The number of aromatic hydroxyl groups is 1. The van der Waals surface area contributed by atoms with Crippen molar-refractivity contribution in [2.24, 2.45) is 5.92 Å². The molecule has 28 heavy (non-hydrogen) atoms. The number of rotatable bonds is 3. The predicted octanol–water partition coefficient (Wildman–Crippen LogP) is 3.24. The number of carbonyl (C=O) groups excluding carboxylic acids is 1. The molecule has 5 nitrogen and oxygen atoms in total. The van der Waals surface area contributed by atoms with Crippen molar-refractivity contribution in [1.29, 1.82) is 0 Å². The van der Waals surface area contributed by atoms with Crippen LogP contribution in [-0.4, -0.2) is 53.1 Å². The molecule has 2 unspecified atom stereocenters. The highest BCUT2D eigenvalue weighted by atomic mass is 35.5. The number of halogens is 2. The Morgan fingerprint density at radius 2 is 2.04 bits per heavy atom. The third-order valence-corrected chi connectivity index (χ3v) is 5.68. The number of carbonyl (C=O) groups is 1. The van der Waals surface area contributed by atoms with E-state index in [1.165, 1.54) is 24.3 Å². The monoisotopic (exact) mass is 402 g/mol. The van der Waals surface area contributed by atoms with E-state index in [1.54, 1.807) is 17.2 Å². The van der Waals surface area contributed by atoms with E-state index in [9.17, 15) is 14.3 Å². The normalized spacial score (nSPS) is 24.0. The van der Waals surface area contributed by atoms with Gasteiger partial charge in [-0.05, 0) is 24.3 Å². The SMILES string of the molecule is C=CC(=O)N1CCN(C2=COC3C=C(c4c(O)cccc4F)C(Cl)=CC23)CC1. The third kappa shape index (κ3) is 3.18. The average molecular weight is 403 g/mol. The van der Waals surface area contributed by atoms with E-state index in [2.05, 4.69) is 11.5 Å². The average Bonchev–Trinajstić information content (AvgIpc) is 3.10. The molecule has 2 atom stereocenters. The number of hydrogen-bond acceptors (Lipinski definition) is 4. The van der Waals surface area contributed by atoms with Crippen LogP contribution in [0, 0.1) is 11.7 Å². The van der Waals surface area contributed by atoms with Crippen molar-refractivity contribution in [3.8, 4) is 5.75 Å². The smallest absolute Gasteiger partial charge is 0.246 e. The van der Waals surface area contributed by atoms with Crippen molar-refractivity contribution in [2.45, 2.75) is 6.10 Å². The number of hydrogen-bond donors (Lipinski definition) is 1. The van der Waals surface area contributed by atoms with Crippen molar-refractivity contribution in [3.63, 3.8) is 0 Å². The number of phenolic OH excluding ortho intramolecular Hbond substituents is 1. The molecule has 1 aliphatic carbocycles. The van der Waals surface area contributed by atoms with Gasteiger partial charge in [-0.15, -0.1) is 0 Å². The number of allylic oxidation sites excluding steroid dienone is 2. The lowest BCUT2D eigenvalue weighted by Gasteiger charge is -2.37. The van der Waals surface area contributed by atoms with Crippen molar-refractivity contribution in [1.82, 2.24) is 9.80 Å². The van der Waals surface area contributed by atoms with Crippen LogP contribution in [0.15, 0.2) is 60.0 Å². The minimum Gasteiger partial charge on any atom is -0.507 e. The molecule has 0 saturated carbocycles. The Hall–Kier alpha value is -2.73. The molecule has 7 heteroatoms. The molecule has 1 aromatic rings. The molecule has 0 spiro atoms. The maximum absolute atomic E-state index is 14.3. The first kappa shape index (κ1) is 18.6. The van der Waals surface area contributed by atoms with Crippen LogP contribution < -0.4 is 0 Å². The van der Waals surface area contributed by atoms with Gasteiger partial charge in [-0.2, -0.15) is 0 Å². The zero-order valence-corrected chi connectivity index (χ0v) is 15.9. The number of piperazine rings is 1. The number of amides is 1. The number of phenols is 1. The molecule has 0 radical (unpaired) electrons. The van der Waals surface area contributed by atoms with Gasteiger partial charge in [0.05, 0.1) is 17.2 Å². The van der Waals surface area contributed by atoms with Gasteiger partial charge in [0.15, 0.2) is 0 Å². The summed E-state index contributed by atoms with van der Waals surface area (Å²) >= 11 is 6.47. The first-order chi connectivity index (χ1) is 13.5. The Balaban J connectivity index is 1.52. The molecule has 4 rings (SSSR count). The Bertz CT molecular complexity index is 896. The van der Waals surface area contributed by atoms with E-state index in [-0.39, 0.29) is 29.2 Å². The van der Waals surface area contributed by atoms with Crippen LogP contribution in [0.5, 0.6) is 5.75 Å². The van der Waals surface area contributed by atoms with E-state index < -0.39 is 5.82 Å². The first-order valence-corrected chi connectivity index (χ1v) is 9.46. The molecule has 146 valence electrons. The lowest BCUT2D eigenvalue weighted by Crippen LogP contribution is -2.48. The number of ether oxygens (including phenoxy) is 1. The van der Waals surface area contributed by atoms with E-state index in [0.29, 0.717) is 36.8 Å². The minimum absolute atomic E-state index is 0.0629. The molecule has 1 saturated heterocycles. The van der Waals surface area contributed by atoms with Gasteiger partial charge in [-0.3, -0.25) is 4.79 Å². The zero-order chi connectivity index (χ0) is 19.8. The number of nitrogens with zero attached hydrogens (tertiary/aromatic N) is 2. The zero-order valence-electron chi connectivity index (χ0n) is 15.1. The molecule has 2 heterocycles. The molecule has 1 fully saturated rings. The largest absolute Gasteiger partial charge is 0.507 e. The van der Waals surface area contributed by atoms with E-state index >= 15 is 0 Å². The molecular weight excluding hydrogens is 383 g/mol. The summed E-state index contributed by atoms with van der Waals surface area (Å²) in [6.45, 7) is 6.13. The number of fused-ring (bicyclic) bond motifs is 1. The van der Waals surface area contributed by atoms with Gasteiger partial charge in [-0.1, -0.05) is 30.3 Å². The fourth-order valence-corrected chi connectivity index (χ4v) is 4.17.